The van der Waals surface area contributed by atoms with E-state index >= 15 is 0 Å². The Labute approximate surface area is 170 Å². The van der Waals surface area contributed by atoms with Crippen molar-refractivity contribution in [3.63, 3.8) is 0 Å². The van der Waals surface area contributed by atoms with E-state index in [0.717, 1.165) is 45.0 Å². The molecule has 0 aromatic heterocycles. The molecule has 0 radical (unpaired) electrons. The summed E-state index contributed by atoms with van der Waals surface area (Å²) in [6, 6.07) is 6.16. The largest absolute Gasteiger partial charge is 0.493 e. The number of nitrogens with zero attached hydrogens (tertiary/aromatic N) is 3. The van der Waals surface area contributed by atoms with Crippen LogP contribution < -0.4 is 9.47 Å². The zero-order valence-electron chi connectivity index (χ0n) is 17.6. The average molecular weight is 392 g/mol. The van der Waals surface area contributed by atoms with Crippen LogP contribution in [-0.4, -0.2) is 92.0 Å². The number of β-amino-alcohol motifs (C(OH)–C–C–N with tert-alkyl or cyclic N) is 1. The normalized spacial score (nSPS) is 20.8. The Morgan fingerprint density at radius 2 is 1.64 bits per heavy atom. The van der Waals surface area contributed by atoms with Crippen molar-refractivity contribution < 1.29 is 14.6 Å². The molecule has 6 heteroatoms. The van der Waals surface area contributed by atoms with E-state index in [0.29, 0.717) is 12.3 Å². The lowest BCUT2D eigenvalue weighted by atomic mass is 10.1. The number of likely N-dealkylation sites (tertiary alicyclic amines) is 1. The van der Waals surface area contributed by atoms with Crippen molar-refractivity contribution in [1.82, 2.24) is 14.7 Å². The second kappa shape index (κ2) is 11.0. The first kappa shape index (κ1) is 21.4. The molecule has 0 bridgehead atoms. The lowest BCUT2D eigenvalue weighted by Gasteiger charge is -2.34. The van der Waals surface area contributed by atoms with E-state index in [4.69, 9.17) is 9.47 Å². The number of rotatable bonds is 9. The van der Waals surface area contributed by atoms with Gasteiger partial charge in [0.15, 0.2) is 11.5 Å². The van der Waals surface area contributed by atoms with Crippen LogP contribution >= 0.6 is 0 Å². The maximum atomic E-state index is 10.4. The summed E-state index contributed by atoms with van der Waals surface area (Å²) in [5, 5.41) is 10.4. The van der Waals surface area contributed by atoms with Crippen LogP contribution in [0, 0.1) is 0 Å². The van der Waals surface area contributed by atoms with Gasteiger partial charge in [0.05, 0.1) is 7.11 Å². The van der Waals surface area contributed by atoms with Gasteiger partial charge in [0.2, 0.25) is 0 Å². The lowest BCUT2D eigenvalue weighted by Crippen LogP contribution is -2.49. The highest BCUT2D eigenvalue weighted by Crippen LogP contribution is 2.29. The van der Waals surface area contributed by atoms with E-state index in [1.165, 1.54) is 37.9 Å². The molecule has 0 unspecified atom stereocenters. The minimum Gasteiger partial charge on any atom is -0.493 e. The zero-order chi connectivity index (χ0) is 19.8. The fourth-order valence-electron chi connectivity index (χ4n) is 4.13. The number of ether oxygens (including phenoxy) is 2. The molecule has 2 fully saturated rings. The van der Waals surface area contributed by atoms with Gasteiger partial charge < -0.3 is 19.5 Å². The van der Waals surface area contributed by atoms with Crippen molar-refractivity contribution in [2.45, 2.75) is 38.8 Å². The Morgan fingerprint density at radius 1 is 0.929 bits per heavy atom. The molecule has 3 rings (SSSR count). The van der Waals surface area contributed by atoms with Crippen LogP contribution in [0.1, 0.15) is 31.7 Å². The summed E-state index contributed by atoms with van der Waals surface area (Å²) in [6.45, 7) is 11.8. The number of piperazine rings is 1. The summed E-state index contributed by atoms with van der Waals surface area (Å²) in [5.74, 6) is 1.46. The van der Waals surface area contributed by atoms with Crippen molar-refractivity contribution >= 4 is 0 Å². The molecule has 2 saturated heterocycles. The van der Waals surface area contributed by atoms with Crippen molar-refractivity contribution in [3.8, 4) is 11.5 Å². The van der Waals surface area contributed by atoms with Crippen molar-refractivity contribution in [3.05, 3.63) is 23.8 Å². The zero-order valence-corrected chi connectivity index (χ0v) is 17.6. The van der Waals surface area contributed by atoms with E-state index in [1.807, 2.05) is 6.07 Å². The molecule has 1 aromatic carbocycles. The van der Waals surface area contributed by atoms with Crippen LogP contribution in [-0.2, 0) is 6.54 Å². The number of benzene rings is 1. The lowest BCUT2D eigenvalue weighted by molar-refractivity contribution is 0.0464. The van der Waals surface area contributed by atoms with Gasteiger partial charge in [-0.05, 0) is 50.2 Å². The summed E-state index contributed by atoms with van der Waals surface area (Å²) < 4.78 is 11.4. The molecule has 1 N–H and O–H groups in total. The second-order valence-corrected chi connectivity index (χ2v) is 8.02. The summed E-state index contributed by atoms with van der Waals surface area (Å²) in [5.41, 5.74) is 1.25. The van der Waals surface area contributed by atoms with Crippen LogP contribution in [0.15, 0.2) is 18.2 Å². The quantitative estimate of drug-likeness (QED) is 0.695. The van der Waals surface area contributed by atoms with Crippen molar-refractivity contribution in [1.29, 1.82) is 0 Å². The summed E-state index contributed by atoms with van der Waals surface area (Å²) in [4.78, 5) is 7.26. The second-order valence-electron chi connectivity index (χ2n) is 8.02. The summed E-state index contributed by atoms with van der Waals surface area (Å²) in [6.07, 6.45) is 3.45. The Hall–Kier alpha value is -1.34. The molecular formula is C22H37N3O3. The third-order valence-electron chi connectivity index (χ3n) is 5.90. The standard InChI is InChI=1S/C22H37N3O3/c1-3-23-11-13-25(14-12-23)17-20(26)18-28-21-8-7-19(15-22(21)27-2)16-24-9-5-4-6-10-24/h7-8,15,20,26H,3-6,9-14,16-18H2,1-2H3/t20-/m0/s1. The van der Waals surface area contributed by atoms with E-state index in [9.17, 15) is 5.11 Å². The van der Waals surface area contributed by atoms with Gasteiger partial charge in [0, 0.05) is 39.3 Å². The first-order chi connectivity index (χ1) is 13.7. The minimum atomic E-state index is -0.495. The van der Waals surface area contributed by atoms with Crippen LogP contribution in [0.4, 0.5) is 0 Å². The van der Waals surface area contributed by atoms with Gasteiger partial charge in [-0.1, -0.05) is 19.4 Å². The molecule has 0 spiro atoms. The maximum Gasteiger partial charge on any atom is 0.161 e. The van der Waals surface area contributed by atoms with Crippen LogP contribution in [0.25, 0.3) is 0 Å². The Morgan fingerprint density at radius 3 is 2.32 bits per heavy atom. The predicted octanol–water partition coefficient (Wildman–Crippen LogP) is 2.06. The number of hydrogen-bond acceptors (Lipinski definition) is 6. The Kier molecular flexibility index (Phi) is 8.40. The van der Waals surface area contributed by atoms with Crippen molar-refractivity contribution in [2.24, 2.45) is 0 Å². The van der Waals surface area contributed by atoms with Crippen molar-refractivity contribution in [2.75, 3.05) is 66.1 Å². The molecule has 6 nitrogen and oxygen atoms in total. The fourth-order valence-corrected chi connectivity index (χ4v) is 4.13. The molecule has 158 valence electrons. The molecule has 0 aliphatic carbocycles. The molecule has 0 saturated carbocycles. The van der Waals surface area contributed by atoms with E-state index in [1.54, 1.807) is 7.11 Å². The third-order valence-corrected chi connectivity index (χ3v) is 5.90. The highest BCUT2D eigenvalue weighted by Gasteiger charge is 2.19. The molecule has 28 heavy (non-hydrogen) atoms. The predicted molar refractivity (Wildman–Crippen MR) is 112 cm³/mol. The molecule has 2 aliphatic rings. The summed E-state index contributed by atoms with van der Waals surface area (Å²) in [7, 11) is 1.68. The average Bonchev–Trinajstić information content (AvgIpc) is 2.74. The smallest absolute Gasteiger partial charge is 0.161 e. The van der Waals surface area contributed by atoms with E-state index in [-0.39, 0.29) is 6.61 Å². The number of methoxy groups -OCH3 is 1. The molecule has 2 heterocycles. The fraction of sp³-hybridized carbons (Fsp3) is 0.727. The monoisotopic (exact) mass is 391 g/mol. The highest BCUT2D eigenvalue weighted by molar-refractivity contribution is 5.43. The maximum absolute atomic E-state index is 10.4. The highest BCUT2D eigenvalue weighted by atomic mass is 16.5. The SMILES string of the molecule is CCN1CCN(C[C@H](O)COc2ccc(CN3CCCCC3)cc2OC)CC1. The van der Waals surface area contributed by atoms with Gasteiger partial charge in [0.25, 0.3) is 0 Å². The van der Waals surface area contributed by atoms with Gasteiger partial charge in [-0.15, -0.1) is 0 Å². The number of piperidine rings is 1. The first-order valence-corrected chi connectivity index (χ1v) is 10.8. The Balaban J connectivity index is 1.46. The molecular weight excluding hydrogens is 354 g/mol. The van der Waals surface area contributed by atoms with Gasteiger partial charge in [0.1, 0.15) is 12.7 Å². The van der Waals surface area contributed by atoms with E-state index < -0.39 is 6.10 Å². The number of aliphatic hydroxyl groups is 1. The van der Waals surface area contributed by atoms with Crippen LogP contribution in [0.3, 0.4) is 0 Å². The van der Waals surface area contributed by atoms with Gasteiger partial charge in [-0.3, -0.25) is 9.80 Å². The van der Waals surface area contributed by atoms with Gasteiger partial charge in [-0.2, -0.15) is 0 Å². The van der Waals surface area contributed by atoms with Gasteiger partial charge in [-0.25, -0.2) is 0 Å². The molecule has 2 aliphatic heterocycles. The van der Waals surface area contributed by atoms with Gasteiger partial charge >= 0.3 is 0 Å². The molecule has 1 atom stereocenters. The first-order valence-electron chi connectivity index (χ1n) is 10.8. The van der Waals surface area contributed by atoms with E-state index in [2.05, 4.69) is 33.8 Å². The molecule has 0 amide bonds. The third kappa shape index (κ3) is 6.34. The van der Waals surface area contributed by atoms with Crippen LogP contribution in [0.2, 0.25) is 0 Å². The van der Waals surface area contributed by atoms with Crippen LogP contribution in [0.5, 0.6) is 11.5 Å². The molecule has 1 aromatic rings. The number of likely N-dealkylation sites (N-methyl/N-ethyl adjacent to an activating group) is 1. The minimum absolute atomic E-state index is 0.288. The number of hydrogen-bond donors (Lipinski definition) is 1. The topological polar surface area (TPSA) is 48.4 Å². The Bertz CT molecular complexity index is 584. The summed E-state index contributed by atoms with van der Waals surface area (Å²) >= 11 is 0. The number of aliphatic hydroxyl groups excluding tert-OH is 1.